The first-order valence-corrected chi connectivity index (χ1v) is 5.29. The summed E-state index contributed by atoms with van der Waals surface area (Å²) in [5.74, 6) is -0.249. The number of amides is 1. The third-order valence-corrected chi connectivity index (χ3v) is 2.48. The number of hydrogen-bond acceptors (Lipinski definition) is 2. The molecular weight excluding hydrogens is 235 g/mol. The van der Waals surface area contributed by atoms with Crippen molar-refractivity contribution in [2.24, 2.45) is 0 Å². The van der Waals surface area contributed by atoms with Gasteiger partial charge in [0.15, 0.2) is 0 Å². The van der Waals surface area contributed by atoms with Crippen LogP contribution in [0.4, 0.5) is 0 Å². The molecule has 15 heavy (non-hydrogen) atoms. The summed E-state index contributed by atoms with van der Waals surface area (Å²) in [6.45, 7) is 1.24. The lowest BCUT2D eigenvalue weighted by atomic mass is 10.2. The average molecular weight is 247 g/mol. The number of rotatable bonds is 4. The van der Waals surface area contributed by atoms with Gasteiger partial charge in [-0.05, 0) is 19.2 Å². The minimum Gasteiger partial charge on any atom is -0.351 e. The van der Waals surface area contributed by atoms with Crippen molar-refractivity contribution in [3.63, 3.8) is 0 Å². The lowest BCUT2D eigenvalue weighted by Crippen LogP contribution is -2.30. The van der Waals surface area contributed by atoms with Crippen LogP contribution in [-0.4, -0.2) is 26.0 Å². The fourth-order valence-corrected chi connectivity index (χ4v) is 1.67. The van der Waals surface area contributed by atoms with E-state index in [1.165, 1.54) is 0 Å². The van der Waals surface area contributed by atoms with Crippen molar-refractivity contribution in [3.8, 4) is 0 Å². The molecule has 1 aromatic carbocycles. The first-order chi connectivity index (χ1) is 7.16. The highest BCUT2D eigenvalue weighted by atomic mass is 35.5. The zero-order valence-corrected chi connectivity index (χ0v) is 9.82. The van der Waals surface area contributed by atoms with Crippen molar-refractivity contribution >= 4 is 29.1 Å². The van der Waals surface area contributed by atoms with E-state index in [2.05, 4.69) is 10.6 Å². The van der Waals surface area contributed by atoms with Gasteiger partial charge < -0.3 is 10.6 Å². The molecular formula is C10H12Cl2N2O. The summed E-state index contributed by atoms with van der Waals surface area (Å²) in [7, 11) is 1.81. The summed E-state index contributed by atoms with van der Waals surface area (Å²) in [4.78, 5) is 11.7. The van der Waals surface area contributed by atoms with Crippen LogP contribution in [0.25, 0.3) is 0 Å². The van der Waals surface area contributed by atoms with Crippen molar-refractivity contribution in [1.29, 1.82) is 0 Å². The van der Waals surface area contributed by atoms with E-state index in [0.29, 0.717) is 28.7 Å². The molecule has 1 rings (SSSR count). The Morgan fingerprint density at radius 3 is 2.40 bits per heavy atom. The van der Waals surface area contributed by atoms with Crippen LogP contribution in [-0.2, 0) is 0 Å². The van der Waals surface area contributed by atoms with Crippen LogP contribution >= 0.6 is 23.2 Å². The van der Waals surface area contributed by atoms with Gasteiger partial charge in [0.2, 0.25) is 0 Å². The second-order valence-electron chi connectivity index (χ2n) is 2.96. The van der Waals surface area contributed by atoms with E-state index in [0.717, 1.165) is 0 Å². The number of carbonyl (C=O) groups excluding carboxylic acids is 1. The fourth-order valence-electron chi connectivity index (χ4n) is 1.10. The minimum atomic E-state index is -0.249. The van der Waals surface area contributed by atoms with E-state index in [1.54, 1.807) is 18.2 Å². The van der Waals surface area contributed by atoms with Crippen molar-refractivity contribution in [2.45, 2.75) is 0 Å². The highest BCUT2D eigenvalue weighted by Gasteiger charge is 2.13. The highest BCUT2D eigenvalue weighted by Crippen LogP contribution is 2.23. The lowest BCUT2D eigenvalue weighted by molar-refractivity contribution is 0.0954. The summed E-state index contributed by atoms with van der Waals surface area (Å²) >= 11 is 11.8. The van der Waals surface area contributed by atoms with E-state index in [9.17, 15) is 4.79 Å². The van der Waals surface area contributed by atoms with Gasteiger partial charge in [-0.25, -0.2) is 0 Å². The van der Waals surface area contributed by atoms with Crippen LogP contribution in [0.1, 0.15) is 10.4 Å². The van der Waals surface area contributed by atoms with E-state index in [-0.39, 0.29) is 5.91 Å². The summed E-state index contributed by atoms with van der Waals surface area (Å²) < 4.78 is 0. The molecule has 3 nitrogen and oxygen atoms in total. The largest absolute Gasteiger partial charge is 0.351 e. The maximum absolute atomic E-state index is 11.7. The predicted octanol–water partition coefficient (Wildman–Crippen LogP) is 1.94. The molecule has 0 atom stereocenters. The molecule has 0 bridgehead atoms. The lowest BCUT2D eigenvalue weighted by Gasteiger charge is -2.07. The van der Waals surface area contributed by atoms with Gasteiger partial charge in [-0.15, -0.1) is 0 Å². The molecule has 0 saturated heterocycles. The molecule has 82 valence electrons. The van der Waals surface area contributed by atoms with E-state index < -0.39 is 0 Å². The first-order valence-electron chi connectivity index (χ1n) is 4.53. The van der Waals surface area contributed by atoms with E-state index in [1.807, 2.05) is 7.05 Å². The standard InChI is InChI=1S/C10H12Cl2N2O/c1-13-5-6-14-10(15)9-7(11)3-2-4-8(9)12/h2-4,13H,5-6H2,1H3,(H,14,15). The molecule has 0 aromatic heterocycles. The number of halogens is 2. The second kappa shape index (κ2) is 5.95. The van der Waals surface area contributed by atoms with Crippen molar-refractivity contribution in [3.05, 3.63) is 33.8 Å². The van der Waals surface area contributed by atoms with Gasteiger partial charge in [0, 0.05) is 13.1 Å². The third-order valence-electron chi connectivity index (χ3n) is 1.85. The molecule has 0 unspecified atom stereocenters. The Labute approximate surface area is 98.8 Å². The zero-order chi connectivity index (χ0) is 11.3. The molecule has 0 heterocycles. The highest BCUT2D eigenvalue weighted by molar-refractivity contribution is 6.39. The first kappa shape index (κ1) is 12.3. The Morgan fingerprint density at radius 1 is 1.27 bits per heavy atom. The number of nitrogens with one attached hydrogen (secondary N) is 2. The minimum absolute atomic E-state index is 0.249. The van der Waals surface area contributed by atoms with Crippen molar-refractivity contribution < 1.29 is 4.79 Å². The SMILES string of the molecule is CNCCNC(=O)c1c(Cl)cccc1Cl. The number of benzene rings is 1. The van der Waals surface area contributed by atoms with Crippen molar-refractivity contribution in [2.75, 3.05) is 20.1 Å². The maximum atomic E-state index is 11.7. The molecule has 0 aliphatic carbocycles. The van der Waals surface area contributed by atoms with Crippen molar-refractivity contribution in [1.82, 2.24) is 10.6 Å². The molecule has 1 aromatic rings. The summed E-state index contributed by atoms with van der Waals surface area (Å²) in [6, 6.07) is 4.98. The topological polar surface area (TPSA) is 41.1 Å². The van der Waals surface area contributed by atoms with E-state index >= 15 is 0 Å². The van der Waals surface area contributed by atoms with Gasteiger partial charge >= 0.3 is 0 Å². The quantitative estimate of drug-likeness (QED) is 0.798. The van der Waals surface area contributed by atoms with Gasteiger partial charge in [0.25, 0.3) is 5.91 Å². The number of hydrogen-bond donors (Lipinski definition) is 2. The Morgan fingerprint density at radius 2 is 1.87 bits per heavy atom. The van der Waals surface area contributed by atoms with Gasteiger partial charge in [-0.1, -0.05) is 29.3 Å². The average Bonchev–Trinajstić information content (AvgIpc) is 2.18. The third kappa shape index (κ3) is 3.38. The second-order valence-corrected chi connectivity index (χ2v) is 3.77. The zero-order valence-electron chi connectivity index (χ0n) is 8.31. The molecule has 0 aliphatic heterocycles. The van der Waals surface area contributed by atoms with Crippen LogP contribution in [0.2, 0.25) is 10.0 Å². The van der Waals surface area contributed by atoms with E-state index in [4.69, 9.17) is 23.2 Å². The Kier molecular flexibility index (Phi) is 4.88. The van der Waals surface area contributed by atoms with Crippen LogP contribution in [0.3, 0.4) is 0 Å². The van der Waals surface area contributed by atoms with Crippen LogP contribution in [0.5, 0.6) is 0 Å². The molecule has 0 radical (unpaired) electrons. The van der Waals surface area contributed by atoms with Crippen LogP contribution in [0.15, 0.2) is 18.2 Å². The molecule has 0 aliphatic rings. The Bertz CT molecular complexity index is 335. The number of likely N-dealkylation sites (N-methyl/N-ethyl adjacent to an activating group) is 1. The summed E-state index contributed by atoms with van der Waals surface area (Å²) in [5.41, 5.74) is 0.330. The fraction of sp³-hybridized carbons (Fsp3) is 0.300. The molecule has 0 spiro atoms. The van der Waals surface area contributed by atoms with Crippen LogP contribution in [0, 0.1) is 0 Å². The molecule has 0 fully saturated rings. The van der Waals surface area contributed by atoms with Gasteiger partial charge in [0.05, 0.1) is 15.6 Å². The molecule has 5 heteroatoms. The molecule has 1 amide bonds. The molecule has 0 saturated carbocycles. The Hall–Kier alpha value is -0.770. The van der Waals surface area contributed by atoms with Gasteiger partial charge in [0.1, 0.15) is 0 Å². The summed E-state index contributed by atoms with van der Waals surface area (Å²) in [6.07, 6.45) is 0. The van der Waals surface area contributed by atoms with Gasteiger partial charge in [-0.3, -0.25) is 4.79 Å². The Balaban J connectivity index is 2.73. The maximum Gasteiger partial charge on any atom is 0.254 e. The van der Waals surface area contributed by atoms with Crippen LogP contribution < -0.4 is 10.6 Å². The predicted molar refractivity (Wildman–Crippen MR) is 62.7 cm³/mol. The van der Waals surface area contributed by atoms with Gasteiger partial charge in [-0.2, -0.15) is 0 Å². The number of carbonyl (C=O) groups is 1. The monoisotopic (exact) mass is 246 g/mol. The normalized spacial score (nSPS) is 10.1. The smallest absolute Gasteiger partial charge is 0.254 e. The molecule has 2 N–H and O–H groups in total. The summed E-state index contributed by atoms with van der Waals surface area (Å²) in [5, 5.41) is 6.36.